The van der Waals surface area contributed by atoms with Gasteiger partial charge in [0.15, 0.2) is 0 Å². The Labute approximate surface area is 103 Å². The Morgan fingerprint density at radius 3 is 3.06 bits per heavy atom. The Kier molecular flexibility index (Phi) is 2.95. The van der Waals surface area contributed by atoms with E-state index < -0.39 is 0 Å². The second kappa shape index (κ2) is 4.45. The van der Waals surface area contributed by atoms with Gasteiger partial charge >= 0.3 is 0 Å². The standard InChI is InChI=1S/C14H22N2O/c1-10-13-8-15-7-12(13)9-16(10)14(17)6-11-4-2-3-5-11/h2,4,10-13,15H,3,5-9H2,1H3. The first-order valence-electron chi connectivity index (χ1n) is 6.92. The van der Waals surface area contributed by atoms with Crippen molar-refractivity contribution in [3.63, 3.8) is 0 Å². The average Bonchev–Trinajstić information content (AvgIpc) is 2.97. The van der Waals surface area contributed by atoms with Crippen LogP contribution in [0.2, 0.25) is 0 Å². The van der Waals surface area contributed by atoms with E-state index in [0.717, 1.165) is 32.5 Å². The van der Waals surface area contributed by atoms with Gasteiger partial charge in [-0.3, -0.25) is 4.79 Å². The first-order chi connectivity index (χ1) is 8.25. The number of fused-ring (bicyclic) bond motifs is 1. The van der Waals surface area contributed by atoms with Crippen molar-refractivity contribution in [3.8, 4) is 0 Å². The monoisotopic (exact) mass is 234 g/mol. The maximum atomic E-state index is 12.3. The van der Waals surface area contributed by atoms with Gasteiger partial charge in [0.2, 0.25) is 5.91 Å². The molecule has 4 unspecified atom stereocenters. The first-order valence-corrected chi connectivity index (χ1v) is 6.92. The second-order valence-corrected chi connectivity index (χ2v) is 5.84. The number of likely N-dealkylation sites (tertiary alicyclic amines) is 1. The second-order valence-electron chi connectivity index (χ2n) is 5.84. The van der Waals surface area contributed by atoms with E-state index in [2.05, 4.69) is 29.3 Å². The molecule has 3 heteroatoms. The quantitative estimate of drug-likeness (QED) is 0.733. The number of hydrogen-bond donors (Lipinski definition) is 1. The number of nitrogens with one attached hydrogen (secondary N) is 1. The van der Waals surface area contributed by atoms with E-state index in [9.17, 15) is 4.79 Å². The molecule has 0 spiro atoms. The van der Waals surface area contributed by atoms with Gasteiger partial charge in [-0.25, -0.2) is 0 Å². The van der Waals surface area contributed by atoms with E-state index in [4.69, 9.17) is 0 Å². The van der Waals surface area contributed by atoms with Gasteiger partial charge in [-0.1, -0.05) is 12.2 Å². The number of nitrogens with zero attached hydrogens (tertiary/aromatic N) is 1. The van der Waals surface area contributed by atoms with Crippen LogP contribution in [0.1, 0.15) is 26.2 Å². The minimum absolute atomic E-state index is 0.378. The Balaban J connectivity index is 1.60. The van der Waals surface area contributed by atoms with Crippen molar-refractivity contribution in [2.75, 3.05) is 19.6 Å². The van der Waals surface area contributed by atoms with Crippen LogP contribution in [0, 0.1) is 17.8 Å². The van der Waals surface area contributed by atoms with E-state index in [0.29, 0.717) is 29.7 Å². The summed E-state index contributed by atoms with van der Waals surface area (Å²) in [4.78, 5) is 14.5. The molecular formula is C14H22N2O. The molecule has 17 heavy (non-hydrogen) atoms. The van der Waals surface area contributed by atoms with Crippen LogP contribution in [-0.4, -0.2) is 36.5 Å². The molecule has 1 aliphatic carbocycles. The molecule has 0 bridgehead atoms. The van der Waals surface area contributed by atoms with Crippen LogP contribution < -0.4 is 5.32 Å². The van der Waals surface area contributed by atoms with E-state index in [1.165, 1.54) is 6.42 Å². The zero-order valence-electron chi connectivity index (χ0n) is 10.6. The SMILES string of the molecule is CC1C2CNCC2CN1C(=O)CC1C=CCC1. The highest BCUT2D eigenvalue weighted by Gasteiger charge is 2.43. The van der Waals surface area contributed by atoms with Crippen LogP contribution in [0.25, 0.3) is 0 Å². The lowest BCUT2D eigenvalue weighted by molar-refractivity contribution is -0.132. The average molecular weight is 234 g/mol. The molecule has 2 saturated heterocycles. The summed E-state index contributed by atoms with van der Waals surface area (Å²) in [5.41, 5.74) is 0. The molecule has 0 aromatic heterocycles. The highest BCUT2D eigenvalue weighted by atomic mass is 16.2. The summed E-state index contributed by atoms with van der Waals surface area (Å²) in [5, 5.41) is 3.44. The van der Waals surface area contributed by atoms with Crippen LogP contribution >= 0.6 is 0 Å². The molecule has 2 fully saturated rings. The van der Waals surface area contributed by atoms with Crippen LogP contribution in [0.4, 0.5) is 0 Å². The molecular weight excluding hydrogens is 212 g/mol. The molecule has 4 atom stereocenters. The van der Waals surface area contributed by atoms with Crippen molar-refractivity contribution in [2.24, 2.45) is 17.8 Å². The molecule has 2 heterocycles. The number of carbonyl (C=O) groups is 1. The smallest absolute Gasteiger partial charge is 0.223 e. The van der Waals surface area contributed by atoms with Crippen LogP contribution in [0.5, 0.6) is 0 Å². The molecule has 2 aliphatic heterocycles. The van der Waals surface area contributed by atoms with Crippen molar-refractivity contribution in [3.05, 3.63) is 12.2 Å². The lowest BCUT2D eigenvalue weighted by Gasteiger charge is -2.25. The fourth-order valence-electron chi connectivity index (χ4n) is 3.70. The van der Waals surface area contributed by atoms with Gasteiger partial charge in [0.05, 0.1) is 0 Å². The number of carbonyl (C=O) groups excluding carboxylic acids is 1. The molecule has 3 aliphatic rings. The van der Waals surface area contributed by atoms with E-state index >= 15 is 0 Å². The molecule has 0 saturated carbocycles. The molecule has 0 aromatic carbocycles. The molecule has 3 rings (SSSR count). The number of allylic oxidation sites excluding steroid dienone is 2. The Hall–Kier alpha value is -0.830. The van der Waals surface area contributed by atoms with Crippen molar-refractivity contribution < 1.29 is 4.79 Å². The summed E-state index contributed by atoms with van der Waals surface area (Å²) in [5.74, 6) is 2.28. The molecule has 3 nitrogen and oxygen atoms in total. The van der Waals surface area contributed by atoms with Gasteiger partial charge in [-0.15, -0.1) is 0 Å². The normalized spacial score (nSPS) is 39.9. The Morgan fingerprint density at radius 1 is 1.47 bits per heavy atom. The fraction of sp³-hybridized carbons (Fsp3) is 0.786. The van der Waals surface area contributed by atoms with Crippen molar-refractivity contribution in [1.82, 2.24) is 10.2 Å². The Bertz CT molecular complexity index is 339. The first kappa shape index (κ1) is 11.3. The van der Waals surface area contributed by atoms with Crippen LogP contribution in [0.3, 0.4) is 0 Å². The maximum absolute atomic E-state index is 12.3. The zero-order chi connectivity index (χ0) is 11.8. The largest absolute Gasteiger partial charge is 0.339 e. The third-order valence-corrected chi connectivity index (χ3v) is 4.80. The van der Waals surface area contributed by atoms with Crippen molar-refractivity contribution in [2.45, 2.75) is 32.2 Å². The summed E-state index contributed by atoms with van der Waals surface area (Å²) in [7, 11) is 0. The Morgan fingerprint density at radius 2 is 2.35 bits per heavy atom. The van der Waals surface area contributed by atoms with Gasteiger partial charge in [0.1, 0.15) is 0 Å². The van der Waals surface area contributed by atoms with Gasteiger partial charge in [-0.2, -0.15) is 0 Å². The minimum Gasteiger partial charge on any atom is -0.339 e. The molecule has 94 valence electrons. The zero-order valence-corrected chi connectivity index (χ0v) is 10.6. The lowest BCUT2D eigenvalue weighted by atomic mass is 9.95. The lowest BCUT2D eigenvalue weighted by Crippen LogP contribution is -2.38. The van der Waals surface area contributed by atoms with Crippen LogP contribution in [-0.2, 0) is 4.79 Å². The molecule has 0 radical (unpaired) electrons. The topological polar surface area (TPSA) is 32.3 Å². The predicted octanol–water partition coefficient (Wildman–Crippen LogP) is 1.41. The van der Waals surface area contributed by atoms with Crippen molar-refractivity contribution in [1.29, 1.82) is 0 Å². The fourth-order valence-corrected chi connectivity index (χ4v) is 3.70. The maximum Gasteiger partial charge on any atom is 0.223 e. The van der Waals surface area contributed by atoms with Gasteiger partial charge in [0, 0.05) is 32.1 Å². The molecule has 1 N–H and O–H groups in total. The van der Waals surface area contributed by atoms with E-state index in [1.54, 1.807) is 0 Å². The van der Waals surface area contributed by atoms with Crippen LogP contribution in [0.15, 0.2) is 12.2 Å². The summed E-state index contributed by atoms with van der Waals surface area (Å²) in [6.07, 6.45) is 7.49. The van der Waals surface area contributed by atoms with Gasteiger partial charge in [0.25, 0.3) is 0 Å². The van der Waals surface area contributed by atoms with Gasteiger partial charge < -0.3 is 10.2 Å². The third kappa shape index (κ3) is 2.01. The summed E-state index contributed by atoms with van der Waals surface area (Å²) in [6, 6.07) is 0.438. The molecule has 0 aromatic rings. The number of hydrogen-bond acceptors (Lipinski definition) is 2. The number of amides is 1. The summed E-state index contributed by atoms with van der Waals surface area (Å²) < 4.78 is 0. The number of rotatable bonds is 2. The highest BCUT2D eigenvalue weighted by Crippen LogP contribution is 2.33. The third-order valence-electron chi connectivity index (χ3n) is 4.80. The summed E-state index contributed by atoms with van der Waals surface area (Å²) >= 11 is 0. The minimum atomic E-state index is 0.378. The predicted molar refractivity (Wildman–Crippen MR) is 67.5 cm³/mol. The highest BCUT2D eigenvalue weighted by molar-refractivity contribution is 5.77. The van der Waals surface area contributed by atoms with Crippen molar-refractivity contribution >= 4 is 5.91 Å². The van der Waals surface area contributed by atoms with E-state index in [1.807, 2.05) is 0 Å². The summed E-state index contributed by atoms with van der Waals surface area (Å²) in [6.45, 7) is 5.40. The molecule has 1 amide bonds. The van der Waals surface area contributed by atoms with E-state index in [-0.39, 0.29) is 0 Å². The van der Waals surface area contributed by atoms with Gasteiger partial charge in [-0.05, 0) is 37.5 Å².